The molecule has 0 spiro atoms. The van der Waals surface area contributed by atoms with Crippen molar-refractivity contribution in [3.63, 3.8) is 0 Å². The van der Waals surface area contributed by atoms with Crippen molar-refractivity contribution in [3.8, 4) is 0 Å². The summed E-state index contributed by atoms with van der Waals surface area (Å²) in [5, 5.41) is 9.18. The fourth-order valence-corrected chi connectivity index (χ4v) is 2.87. The molecule has 3 rings (SSSR count). The van der Waals surface area contributed by atoms with Gasteiger partial charge in [0.1, 0.15) is 12.1 Å². The molecule has 5 heteroatoms. The lowest BCUT2D eigenvalue weighted by Gasteiger charge is -2.32. The summed E-state index contributed by atoms with van der Waals surface area (Å²) in [6, 6.07) is 2.11. The Kier molecular flexibility index (Phi) is 3.94. The minimum absolute atomic E-state index is 0.308. The van der Waals surface area contributed by atoms with E-state index in [9.17, 15) is 5.11 Å². The number of hydrogen-bond acceptors (Lipinski definition) is 5. The number of rotatable bonds is 3. The van der Waals surface area contributed by atoms with Crippen LogP contribution in [-0.4, -0.2) is 48.0 Å². The number of ether oxygens (including phenoxy) is 1. The Morgan fingerprint density at radius 1 is 1.26 bits per heavy atom. The molecule has 2 aliphatic heterocycles. The second-order valence-corrected chi connectivity index (χ2v) is 5.47. The molecule has 104 valence electrons. The Hall–Kier alpha value is -1.20. The molecular weight excluding hydrogens is 242 g/mol. The number of hydrogen-bond donors (Lipinski definition) is 1. The Bertz CT molecular complexity index is 413. The first-order valence-electron chi connectivity index (χ1n) is 7.12. The molecule has 0 aliphatic carbocycles. The Morgan fingerprint density at radius 2 is 2.11 bits per heavy atom. The quantitative estimate of drug-likeness (QED) is 0.887. The molecule has 19 heavy (non-hydrogen) atoms. The second kappa shape index (κ2) is 5.84. The van der Waals surface area contributed by atoms with Crippen LogP contribution in [0.1, 0.15) is 30.9 Å². The standard InChI is InChI=1S/C14H21N3O2/c18-8-11-1-4-17(5-2-11)14-7-13(15-10-16-14)12-3-6-19-9-12/h7,10-12,18H,1-6,8-9H2. The summed E-state index contributed by atoms with van der Waals surface area (Å²) >= 11 is 0. The SMILES string of the molecule is OCC1CCN(c2cc(C3CCOC3)ncn2)CC1. The zero-order chi connectivity index (χ0) is 13.1. The lowest BCUT2D eigenvalue weighted by molar-refractivity contribution is 0.193. The van der Waals surface area contributed by atoms with Gasteiger partial charge in [-0.3, -0.25) is 0 Å². The van der Waals surface area contributed by atoms with Gasteiger partial charge in [0, 0.05) is 38.3 Å². The van der Waals surface area contributed by atoms with E-state index in [1.54, 1.807) is 6.33 Å². The molecule has 1 aromatic heterocycles. The highest BCUT2D eigenvalue weighted by Crippen LogP contribution is 2.27. The van der Waals surface area contributed by atoms with E-state index < -0.39 is 0 Å². The number of aliphatic hydroxyl groups excluding tert-OH is 1. The Labute approximate surface area is 113 Å². The van der Waals surface area contributed by atoms with Gasteiger partial charge >= 0.3 is 0 Å². The van der Waals surface area contributed by atoms with E-state index in [0.29, 0.717) is 18.4 Å². The van der Waals surface area contributed by atoms with Crippen molar-refractivity contribution in [1.82, 2.24) is 9.97 Å². The monoisotopic (exact) mass is 263 g/mol. The van der Waals surface area contributed by atoms with Crippen LogP contribution in [0.3, 0.4) is 0 Å². The molecule has 5 nitrogen and oxygen atoms in total. The normalized spacial score (nSPS) is 24.9. The van der Waals surface area contributed by atoms with Gasteiger partial charge in [0.15, 0.2) is 0 Å². The highest BCUT2D eigenvalue weighted by molar-refractivity contribution is 5.40. The van der Waals surface area contributed by atoms with Gasteiger partial charge in [0.25, 0.3) is 0 Å². The van der Waals surface area contributed by atoms with E-state index in [1.165, 1.54) is 0 Å². The first-order chi connectivity index (χ1) is 9.36. The average molecular weight is 263 g/mol. The largest absolute Gasteiger partial charge is 0.396 e. The van der Waals surface area contributed by atoms with Gasteiger partial charge in [-0.15, -0.1) is 0 Å². The predicted molar refractivity (Wildman–Crippen MR) is 72.2 cm³/mol. The number of nitrogens with zero attached hydrogens (tertiary/aromatic N) is 3. The van der Waals surface area contributed by atoms with Gasteiger partial charge in [0.05, 0.1) is 12.3 Å². The Morgan fingerprint density at radius 3 is 2.79 bits per heavy atom. The van der Waals surface area contributed by atoms with Crippen molar-refractivity contribution in [2.75, 3.05) is 37.8 Å². The number of aliphatic hydroxyl groups is 1. The highest BCUT2D eigenvalue weighted by Gasteiger charge is 2.22. The van der Waals surface area contributed by atoms with E-state index in [0.717, 1.165) is 57.1 Å². The average Bonchev–Trinajstić information content (AvgIpc) is 3.02. The molecule has 1 unspecified atom stereocenters. The van der Waals surface area contributed by atoms with Crippen LogP contribution in [0.25, 0.3) is 0 Å². The molecule has 1 atom stereocenters. The number of piperidine rings is 1. The van der Waals surface area contributed by atoms with Crippen molar-refractivity contribution in [3.05, 3.63) is 18.1 Å². The molecule has 1 aromatic rings. The molecule has 2 saturated heterocycles. The van der Waals surface area contributed by atoms with Gasteiger partial charge in [-0.25, -0.2) is 9.97 Å². The molecular formula is C14H21N3O2. The summed E-state index contributed by atoms with van der Waals surface area (Å²) in [7, 11) is 0. The zero-order valence-corrected chi connectivity index (χ0v) is 11.2. The molecule has 2 aliphatic rings. The van der Waals surface area contributed by atoms with Crippen LogP contribution in [0.15, 0.2) is 12.4 Å². The van der Waals surface area contributed by atoms with Crippen molar-refractivity contribution in [1.29, 1.82) is 0 Å². The summed E-state index contributed by atoms with van der Waals surface area (Å²) in [5.74, 6) is 1.91. The lowest BCUT2D eigenvalue weighted by atomic mass is 9.98. The van der Waals surface area contributed by atoms with Crippen LogP contribution < -0.4 is 4.90 Å². The molecule has 0 radical (unpaired) electrons. The molecule has 1 N–H and O–H groups in total. The second-order valence-electron chi connectivity index (χ2n) is 5.47. The molecule has 0 aromatic carbocycles. The first-order valence-corrected chi connectivity index (χ1v) is 7.12. The van der Waals surface area contributed by atoms with Gasteiger partial charge in [0.2, 0.25) is 0 Å². The molecule has 2 fully saturated rings. The predicted octanol–water partition coefficient (Wildman–Crippen LogP) is 1.19. The van der Waals surface area contributed by atoms with Crippen LogP contribution in [0.4, 0.5) is 5.82 Å². The van der Waals surface area contributed by atoms with Crippen molar-refractivity contribution < 1.29 is 9.84 Å². The molecule has 0 bridgehead atoms. The third-order valence-corrected chi connectivity index (χ3v) is 4.22. The van der Waals surface area contributed by atoms with Gasteiger partial charge in [-0.1, -0.05) is 0 Å². The van der Waals surface area contributed by atoms with Crippen LogP contribution in [0.2, 0.25) is 0 Å². The number of aromatic nitrogens is 2. The van der Waals surface area contributed by atoms with E-state index in [4.69, 9.17) is 4.74 Å². The summed E-state index contributed by atoms with van der Waals surface area (Å²) in [6.45, 7) is 3.88. The maximum Gasteiger partial charge on any atom is 0.132 e. The van der Waals surface area contributed by atoms with E-state index in [1.807, 2.05) is 0 Å². The van der Waals surface area contributed by atoms with Crippen molar-refractivity contribution >= 4 is 5.82 Å². The topological polar surface area (TPSA) is 58.5 Å². The van der Waals surface area contributed by atoms with Crippen molar-refractivity contribution in [2.24, 2.45) is 5.92 Å². The minimum atomic E-state index is 0.308. The zero-order valence-electron chi connectivity index (χ0n) is 11.2. The maximum atomic E-state index is 9.18. The van der Waals surface area contributed by atoms with E-state index in [2.05, 4.69) is 20.9 Å². The fourth-order valence-electron chi connectivity index (χ4n) is 2.87. The van der Waals surface area contributed by atoms with E-state index >= 15 is 0 Å². The van der Waals surface area contributed by atoms with Gasteiger partial charge < -0.3 is 14.7 Å². The molecule has 0 amide bonds. The summed E-state index contributed by atoms with van der Waals surface area (Å²) in [4.78, 5) is 11.1. The summed E-state index contributed by atoms with van der Waals surface area (Å²) < 4.78 is 5.42. The van der Waals surface area contributed by atoms with Crippen LogP contribution in [-0.2, 0) is 4.74 Å². The summed E-state index contributed by atoms with van der Waals surface area (Å²) in [5.41, 5.74) is 1.10. The minimum Gasteiger partial charge on any atom is -0.396 e. The molecule has 0 saturated carbocycles. The lowest BCUT2D eigenvalue weighted by Crippen LogP contribution is -2.35. The van der Waals surface area contributed by atoms with Gasteiger partial charge in [-0.2, -0.15) is 0 Å². The third-order valence-electron chi connectivity index (χ3n) is 4.22. The molecule has 3 heterocycles. The first kappa shape index (κ1) is 12.8. The number of anilines is 1. The van der Waals surface area contributed by atoms with Crippen LogP contribution in [0.5, 0.6) is 0 Å². The van der Waals surface area contributed by atoms with Crippen LogP contribution >= 0.6 is 0 Å². The Balaban J connectivity index is 1.69. The smallest absolute Gasteiger partial charge is 0.132 e. The van der Waals surface area contributed by atoms with Crippen LogP contribution in [0, 0.1) is 5.92 Å². The maximum absolute atomic E-state index is 9.18. The van der Waals surface area contributed by atoms with Crippen molar-refractivity contribution in [2.45, 2.75) is 25.2 Å². The fraction of sp³-hybridized carbons (Fsp3) is 0.714. The summed E-state index contributed by atoms with van der Waals surface area (Å²) in [6.07, 6.45) is 4.81. The third kappa shape index (κ3) is 2.87. The highest BCUT2D eigenvalue weighted by atomic mass is 16.5. The van der Waals surface area contributed by atoms with Gasteiger partial charge in [-0.05, 0) is 25.2 Å². The van der Waals surface area contributed by atoms with E-state index in [-0.39, 0.29) is 0 Å².